The molecule has 2 aliphatic rings. The van der Waals surface area contributed by atoms with E-state index in [0.29, 0.717) is 33.7 Å². The van der Waals surface area contributed by atoms with Gasteiger partial charge in [-0.1, -0.05) is 29.6 Å². The Balaban J connectivity index is 1.46. The van der Waals surface area contributed by atoms with Crippen molar-refractivity contribution < 1.29 is 9.53 Å². The molecule has 2 aromatic carbocycles. The lowest BCUT2D eigenvalue weighted by Crippen LogP contribution is -2.53. The highest BCUT2D eigenvalue weighted by Gasteiger charge is 2.29. The van der Waals surface area contributed by atoms with E-state index in [4.69, 9.17) is 27.9 Å². The number of carbonyl (C=O) groups excluding carboxylic acids is 1. The summed E-state index contributed by atoms with van der Waals surface area (Å²) >= 11 is 12.1. The van der Waals surface area contributed by atoms with E-state index in [1.54, 1.807) is 18.2 Å². The summed E-state index contributed by atoms with van der Waals surface area (Å²) in [5.41, 5.74) is 1.61. The summed E-state index contributed by atoms with van der Waals surface area (Å²) in [6.45, 7) is 4.11. The number of piperazine rings is 1. The molecule has 0 aromatic heterocycles. The lowest BCUT2D eigenvalue weighted by Gasteiger charge is -2.43. The minimum absolute atomic E-state index is 0.0849. The van der Waals surface area contributed by atoms with Crippen LogP contribution in [0, 0.1) is 0 Å². The maximum atomic E-state index is 13.1. The van der Waals surface area contributed by atoms with Gasteiger partial charge < -0.3 is 15.0 Å². The Bertz CT molecular complexity index is 909. The van der Waals surface area contributed by atoms with Crippen LogP contribution in [0.15, 0.2) is 36.4 Å². The monoisotopic (exact) mass is 447 g/mol. The van der Waals surface area contributed by atoms with Crippen LogP contribution in [0.25, 0.3) is 0 Å². The molecule has 0 radical (unpaired) electrons. The highest BCUT2D eigenvalue weighted by atomic mass is 35.5. The second-order valence-electron chi connectivity index (χ2n) is 7.94. The van der Waals surface area contributed by atoms with Crippen molar-refractivity contribution in [2.24, 2.45) is 0 Å². The van der Waals surface area contributed by atoms with Gasteiger partial charge in [0.25, 0.3) is 5.91 Å². The van der Waals surface area contributed by atoms with Crippen molar-refractivity contribution in [2.45, 2.75) is 31.8 Å². The number of nitrogens with zero attached hydrogens (tertiary/aromatic N) is 2. The van der Waals surface area contributed by atoms with Gasteiger partial charge in [-0.15, -0.1) is 0 Å². The Morgan fingerprint density at radius 3 is 2.47 bits per heavy atom. The quantitative estimate of drug-likeness (QED) is 0.689. The van der Waals surface area contributed by atoms with Crippen molar-refractivity contribution in [1.29, 1.82) is 0 Å². The number of ether oxygens (including phenoxy) is 1. The molecule has 1 aliphatic heterocycles. The number of hydrogen-bond acceptors (Lipinski definition) is 4. The molecule has 1 N–H and O–H groups in total. The lowest BCUT2D eigenvalue weighted by atomic mass is 9.91. The Morgan fingerprint density at radius 2 is 1.83 bits per heavy atom. The van der Waals surface area contributed by atoms with Gasteiger partial charge >= 0.3 is 0 Å². The third kappa shape index (κ3) is 4.75. The topological polar surface area (TPSA) is 44.8 Å². The number of amides is 1. The smallest absolute Gasteiger partial charge is 0.253 e. The van der Waals surface area contributed by atoms with Crippen LogP contribution in [-0.4, -0.2) is 55.0 Å². The SMILES string of the molecule is CNCc1cc(C(=O)N2CCN(C3CCC3)CC2)ccc1Oc1ccc(Cl)c(Cl)c1. The Hall–Kier alpha value is -1.79. The second kappa shape index (κ2) is 9.56. The van der Waals surface area contributed by atoms with Crippen LogP contribution in [0.2, 0.25) is 10.0 Å². The van der Waals surface area contributed by atoms with Gasteiger partial charge in [0.2, 0.25) is 0 Å². The molecule has 0 unspecified atom stereocenters. The molecule has 1 aliphatic carbocycles. The van der Waals surface area contributed by atoms with Gasteiger partial charge in [0, 0.05) is 56.0 Å². The first-order valence-corrected chi connectivity index (χ1v) is 11.2. The van der Waals surface area contributed by atoms with Crippen LogP contribution in [0.5, 0.6) is 11.5 Å². The summed E-state index contributed by atoms with van der Waals surface area (Å²) in [4.78, 5) is 17.6. The first-order chi connectivity index (χ1) is 14.5. The molecule has 0 atom stereocenters. The predicted octanol–water partition coefficient (Wildman–Crippen LogP) is 4.82. The van der Waals surface area contributed by atoms with Crippen LogP contribution >= 0.6 is 23.2 Å². The van der Waals surface area contributed by atoms with E-state index in [-0.39, 0.29) is 5.91 Å². The fourth-order valence-corrected chi connectivity index (χ4v) is 4.32. The van der Waals surface area contributed by atoms with E-state index in [0.717, 1.165) is 37.8 Å². The molecule has 7 heteroatoms. The number of hydrogen-bond donors (Lipinski definition) is 1. The molecular formula is C23H27Cl2N3O2. The van der Waals surface area contributed by atoms with Gasteiger partial charge in [-0.2, -0.15) is 0 Å². The zero-order valence-corrected chi connectivity index (χ0v) is 18.7. The third-order valence-electron chi connectivity index (χ3n) is 5.99. The molecule has 2 fully saturated rings. The summed E-state index contributed by atoms with van der Waals surface area (Å²) in [7, 11) is 1.87. The van der Waals surface area contributed by atoms with Crippen molar-refractivity contribution in [1.82, 2.24) is 15.1 Å². The van der Waals surface area contributed by atoms with Gasteiger partial charge in [-0.3, -0.25) is 9.69 Å². The van der Waals surface area contributed by atoms with Crippen molar-refractivity contribution >= 4 is 29.1 Å². The second-order valence-corrected chi connectivity index (χ2v) is 8.76. The molecule has 4 rings (SSSR count). The van der Waals surface area contributed by atoms with Crippen molar-refractivity contribution in [3.8, 4) is 11.5 Å². The minimum Gasteiger partial charge on any atom is -0.457 e. The lowest BCUT2D eigenvalue weighted by molar-refractivity contribution is 0.0455. The number of halogens is 2. The Kier molecular flexibility index (Phi) is 6.84. The summed E-state index contributed by atoms with van der Waals surface area (Å²) in [5.74, 6) is 1.38. The molecule has 1 saturated carbocycles. The zero-order valence-electron chi connectivity index (χ0n) is 17.2. The summed E-state index contributed by atoms with van der Waals surface area (Å²) in [6.07, 6.45) is 3.96. The number of carbonyl (C=O) groups is 1. The zero-order chi connectivity index (χ0) is 21.1. The molecular weight excluding hydrogens is 421 g/mol. The van der Waals surface area contributed by atoms with Gasteiger partial charge in [-0.05, 0) is 50.2 Å². The van der Waals surface area contributed by atoms with E-state index >= 15 is 0 Å². The highest BCUT2D eigenvalue weighted by Crippen LogP contribution is 2.32. The predicted molar refractivity (Wildman–Crippen MR) is 121 cm³/mol. The maximum Gasteiger partial charge on any atom is 0.253 e. The van der Waals surface area contributed by atoms with E-state index in [1.807, 2.05) is 30.1 Å². The standard InChI is InChI=1S/C23H27Cl2N3O2/c1-26-15-17-13-16(5-8-22(17)30-19-6-7-20(24)21(25)14-19)23(29)28-11-9-27(10-12-28)18-3-2-4-18/h5-8,13-14,18,26H,2-4,9-12,15H2,1H3. The van der Waals surface area contributed by atoms with Gasteiger partial charge in [0.1, 0.15) is 11.5 Å². The molecule has 2 aromatic rings. The molecule has 1 saturated heterocycles. The van der Waals surface area contributed by atoms with Crippen LogP contribution in [0.4, 0.5) is 0 Å². The van der Waals surface area contributed by atoms with Gasteiger partial charge in [0.15, 0.2) is 0 Å². The van der Waals surface area contributed by atoms with E-state index in [2.05, 4.69) is 10.2 Å². The largest absolute Gasteiger partial charge is 0.457 e. The molecule has 5 nitrogen and oxygen atoms in total. The average Bonchev–Trinajstić information content (AvgIpc) is 2.71. The van der Waals surface area contributed by atoms with E-state index in [9.17, 15) is 4.79 Å². The molecule has 30 heavy (non-hydrogen) atoms. The molecule has 1 heterocycles. The van der Waals surface area contributed by atoms with Crippen LogP contribution in [-0.2, 0) is 6.54 Å². The molecule has 160 valence electrons. The van der Waals surface area contributed by atoms with Crippen LogP contribution in [0.1, 0.15) is 35.2 Å². The van der Waals surface area contributed by atoms with Crippen LogP contribution in [0.3, 0.4) is 0 Å². The molecule has 1 amide bonds. The normalized spacial score (nSPS) is 17.6. The van der Waals surface area contributed by atoms with Crippen molar-refractivity contribution in [2.75, 3.05) is 33.2 Å². The number of benzene rings is 2. The van der Waals surface area contributed by atoms with Crippen LogP contribution < -0.4 is 10.1 Å². The van der Waals surface area contributed by atoms with Gasteiger partial charge in [-0.25, -0.2) is 0 Å². The average molecular weight is 448 g/mol. The molecule has 0 spiro atoms. The third-order valence-corrected chi connectivity index (χ3v) is 6.73. The fraction of sp³-hybridized carbons (Fsp3) is 0.435. The van der Waals surface area contributed by atoms with Gasteiger partial charge in [0.05, 0.1) is 10.0 Å². The summed E-state index contributed by atoms with van der Waals surface area (Å²) in [5, 5.41) is 4.07. The summed E-state index contributed by atoms with van der Waals surface area (Å²) < 4.78 is 6.02. The summed E-state index contributed by atoms with van der Waals surface area (Å²) in [6, 6.07) is 11.5. The Labute approximate surface area is 187 Å². The maximum absolute atomic E-state index is 13.1. The minimum atomic E-state index is 0.0849. The molecule has 0 bridgehead atoms. The first kappa shape index (κ1) is 21.4. The highest BCUT2D eigenvalue weighted by molar-refractivity contribution is 6.42. The Morgan fingerprint density at radius 1 is 1.07 bits per heavy atom. The van der Waals surface area contributed by atoms with Crippen molar-refractivity contribution in [3.05, 3.63) is 57.6 Å². The number of rotatable bonds is 6. The fourth-order valence-electron chi connectivity index (χ4n) is 4.03. The van der Waals surface area contributed by atoms with Crippen molar-refractivity contribution in [3.63, 3.8) is 0 Å². The van der Waals surface area contributed by atoms with E-state index in [1.165, 1.54) is 19.3 Å². The van der Waals surface area contributed by atoms with E-state index < -0.39 is 0 Å². The number of nitrogens with one attached hydrogen (secondary N) is 1. The first-order valence-electron chi connectivity index (χ1n) is 10.5.